The molecule has 0 amide bonds. The van der Waals surface area contributed by atoms with E-state index in [0.717, 1.165) is 16.9 Å². The second-order valence-corrected chi connectivity index (χ2v) is 4.43. The van der Waals surface area contributed by atoms with Gasteiger partial charge in [0.05, 0.1) is 12.2 Å². The lowest BCUT2D eigenvalue weighted by Crippen LogP contribution is -2.08. The summed E-state index contributed by atoms with van der Waals surface area (Å²) in [5, 5.41) is 0. The van der Waals surface area contributed by atoms with E-state index in [4.69, 9.17) is 9.47 Å². The van der Waals surface area contributed by atoms with Crippen LogP contribution in [-0.4, -0.2) is 19.2 Å². The van der Waals surface area contributed by atoms with E-state index in [9.17, 15) is 4.79 Å². The molecule has 0 atom stereocenters. The summed E-state index contributed by atoms with van der Waals surface area (Å²) in [5.74, 6) is 0.436. The number of carbonyl (C=O) groups excluding carboxylic acids is 1. The monoisotopic (exact) mass is 286 g/mol. The van der Waals surface area contributed by atoms with Crippen LogP contribution in [0, 0.1) is 0 Å². The summed E-state index contributed by atoms with van der Waals surface area (Å²) in [5.41, 5.74) is 2.35. The lowest BCUT2D eigenvalue weighted by atomic mass is 9.99. The van der Waals surface area contributed by atoms with Crippen molar-refractivity contribution in [2.75, 3.05) is 13.2 Å². The fraction of sp³-hybridized carbons (Fsp3) is 0.278. The summed E-state index contributed by atoms with van der Waals surface area (Å²) in [4.78, 5) is 12.0. The summed E-state index contributed by atoms with van der Waals surface area (Å²) in [6.45, 7) is 13.7. The van der Waals surface area contributed by atoms with Crippen LogP contribution >= 0.6 is 0 Å². The highest BCUT2D eigenvalue weighted by molar-refractivity contribution is 5.90. The molecule has 1 rings (SSSR count). The molecule has 0 aromatic heterocycles. The van der Waals surface area contributed by atoms with Gasteiger partial charge in [-0.25, -0.2) is 4.79 Å². The smallest absolute Gasteiger partial charge is 0.338 e. The number of allylic oxidation sites excluding steroid dienone is 2. The first-order chi connectivity index (χ1) is 10.2. The lowest BCUT2D eigenvalue weighted by molar-refractivity contribution is 0.0526. The van der Waals surface area contributed by atoms with Gasteiger partial charge < -0.3 is 9.47 Å². The van der Waals surface area contributed by atoms with Gasteiger partial charge in [-0.3, -0.25) is 0 Å². The zero-order valence-electron chi connectivity index (χ0n) is 12.6. The van der Waals surface area contributed by atoms with Gasteiger partial charge in [0.2, 0.25) is 0 Å². The van der Waals surface area contributed by atoms with Gasteiger partial charge >= 0.3 is 5.97 Å². The molecule has 0 spiro atoms. The van der Waals surface area contributed by atoms with Crippen LogP contribution in [0.2, 0.25) is 0 Å². The number of ether oxygens (including phenoxy) is 2. The highest BCUT2D eigenvalue weighted by Crippen LogP contribution is 2.28. The summed E-state index contributed by atoms with van der Waals surface area (Å²) in [6.07, 6.45) is 6.48. The SMILES string of the molecule is C=CCOc1c(CC=C)cc(C(=O)OCC)cc1CC=C. The van der Waals surface area contributed by atoms with Crippen LogP contribution in [0.4, 0.5) is 0 Å². The van der Waals surface area contributed by atoms with Crippen molar-refractivity contribution in [2.24, 2.45) is 0 Å². The Labute approximate surface area is 126 Å². The first-order valence-corrected chi connectivity index (χ1v) is 6.96. The molecule has 0 aliphatic heterocycles. The van der Waals surface area contributed by atoms with Crippen LogP contribution in [0.15, 0.2) is 50.1 Å². The number of esters is 1. The molecule has 0 fully saturated rings. The number of benzene rings is 1. The molecule has 0 aliphatic carbocycles. The van der Waals surface area contributed by atoms with E-state index in [-0.39, 0.29) is 5.97 Å². The van der Waals surface area contributed by atoms with Crippen molar-refractivity contribution in [2.45, 2.75) is 19.8 Å². The third-order valence-corrected chi connectivity index (χ3v) is 2.83. The molecule has 0 bridgehead atoms. The van der Waals surface area contributed by atoms with Crippen molar-refractivity contribution in [3.05, 3.63) is 66.8 Å². The molecule has 21 heavy (non-hydrogen) atoms. The molecule has 3 nitrogen and oxygen atoms in total. The Morgan fingerprint density at radius 1 is 1.10 bits per heavy atom. The fourth-order valence-electron chi connectivity index (χ4n) is 2.03. The second kappa shape index (κ2) is 8.80. The standard InChI is InChI=1S/C18H22O3/c1-5-9-14-12-16(18(19)20-8-4)13-15(10-6-2)17(14)21-11-7-3/h5-7,12-13H,1-3,8-11H2,4H3. The van der Waals surface area contributed by atoms with E-state index in [1.807, 2.05) is 0 Å². The van der Waals surface area contributed by atoms with Crippen LogP contribution in [0.3, 0.4) is 0 Å². The number of hydrogen-bond donors (Lipinski definition) is 0. The quantitative estimate of drug-likeness (QED) is 0.510. The van der Waals surface area contributed by atoms with Crippen LogP contribution in [0.5, 0.6) is 5.75 Å². The third-order valence-electron chi connectivity index (χ3n) is 2.83. The summed E-state index contributed by atoms with van der Waals surface area (Å²) >= 11 is 0. The molecule has 0 radical (unpaired) electrons. The molecule has 3 heteroatoms. The van der Waals surface area contributed by atoms with Gasteiger partial charge in [0, 0.05) is 0 Å². The molecule has 1 aromatic rings. The summed E-state index contributed by atoms with van der Waals surface area (Å²) in [7, 11) is 0. The van der Waals surface area contributed by atoms with Crippen LogP contribution in [0.1, 0.15) is 28.4 Å². The van der Waals surface area contributed by atoms with Gasteiger partial charge in [-0.2, -0.15) is 0 Å². The molecule has 0 unspecified atom stereocenters. The van der Waals surface area contributed by atoms with Crippen molar-refractivity contribution in [3.63, 3.8) is 0 Å². The Hall–Kier alpha value is -2.29. The molecule has 0 heterocycles. The Bertz CT molecular complexity index is 498. The topological polar surface area (TPSA) is 35.5 Å². The van der Waals surface area contributed by atoms with Crippen LogP contribution in [0.25, 0.3) is 0 Å². The van der Waals surface area contributed by atoms with E-state index in [0.29, 0.717) is 31.6 Å². The van der Waals surface area contributed by atoms with E-state index in [2.05, 4.69) is 19.7 Å². The van der Waals surface area contributed by atoms with E-state index < -0.39 is 0 Å². The number of hydrogen-bond acceptors (Lipinski definition) is 3. The minimum atomic E-state index is -0.330. The Morgan fingerprint density at radius 2 is 1.67 bits per heavy atom. The largest absolute Gasteiger partial charge is 0.489 e. The average molecular weight is 286 g/mol. The normalized spacial score (nSPS) is 9.76. The lowest BCUT2D eigenvalue weighted by Gasteiger charge is -2.15. The Balaban J connectivity index is 3.31. The number of rotatable bonds is 9. The van der Waals surface area contributed by atoms with Gasteiger partial charge in [0.15, 0.2) is 0 Å². The van der Waals surface area contributed by atoms with Crippen LogP contribution < -0.4 is 4.74 Å². The van der Waals surface area contributed by atoms with E-state index in [1.165, 1.54) is 0 Å². The molecule has 112 valence electrons. The van der Waals surface area contributed by atoms with Crippen molar-refractivity contribution in [3.8, 4) is 5.75 Å². The molecular formula is C18H22O3. The Kier molecular flexibility index (Phi) is 7.02. The van der Waals surface area contributed by atoms with E-state index >= 15 is 0 Å². The van der Waals surface area contributed by atoms with Gasteiger partial charge in [-0.05, 0) is 43.0 Å². The second-order valence-electron chi connectivity index (χ2n) is 4.43. The van der Waals surface area contributed by atoms with Gasteiger partial charge in [-0.15, -0.1) is 13.2 Å². The van der Waals surface area contributed by atoms with Crippen molar-refractivity contribution in [1.29, 1.82) is 0 Å². The van der Waals surface area contributed by atoms with Crippen molar-refractivity contribution >= 4 is 5.97 Å². The predicted octanol–water partition coefficient (Wildman–Crippen LogP) is 3.89. The molecular weight excluding hydrogens is 264 g/mol. The maximum absolute atomic E-state index is 12.0. The molecule has 0 aliphatic rings. The highest BCUT2D eigenvalue weighted by atomic mass is 16.5. The van der Waals surface area contributed by atoms with Crippen molar-refractivity contribution in [1.82, 2.24) is 0 Å². The summed E-state index contributed by atoms with van der Waals surface area (Å²) < 4.78 is 10.8. The summed E-state index contributed by atoms with van der Waals surface area (Å²) in [6, 6.07) is 3.59. The first-order valence-electron chi connectivity index (χ1n) is 6.96. The maximum atomic E-state index is 12.0. The van der Waals surface area contributed by atoms with E-state index in [1.54, 1.807) is 37.3 Å². The first kappa shape index (κ1) is 16.8. The third kappa shape index (κ3) is 4.63. The molecule has 0 saturated heterocycles. The van der Waals surface area contributed by atoms with Crippen molar-refractivity contribution < 1.29 is 14.3 Å². The number of carbonyl (C=O) groups is 1. The molecule has 0 N–H and O–H groups in total. The van der Waals surface area contributed by atoms with Crippen LogP contribution in [-0.2, 0) is 17.6 Å². The zero-order chi connectivity index (χ0) is 15.7. The average Bonchev–Trinajstić information content (AvgIpc) is 2.47. The fourth-order valence-corrected chi connectivity index (χ4v) is 2.03. The van der Waals surface area contributed by atoms with Gasteiger partial charge in [0.25, 0.3) is 0 Å². The Morgan fingerprint density at radius 3 is 2.10 bits per heavy atom. The highest BCUT2D eigenvalue weighted by Gasteiger charge is 2.15. The predicted molar refractivity (Wildman–Crippen MR) is 85.9 cm³/mol. The van der Waals surface area contributed by atoms with Gasteiger partial charge in [-0.1, -0.05) is 24.8 Å². The minimum Gasteiger partial charge on any atom is -0.489 e. The van der Waals surface area contributed by atoms with Gasteiger partial charge in [0.1, 0.15) is 12.4 Å². The maximum Gasteiger partial charge on any atom is 0.338 e. The molecule has 1 aromatic carbocycles. The minimum absolute atomic E-state index is 0.330. The molecule has 0 saturated carbocycles. The zero-order valence-corrected chi connectivity index (χ0v) is 12.6.